The average molecular weight is 530 g/mol. The normalized spacial score (nSPS) is 12.2. The molecular weight excluding hydrogens is 501 g/mol. The number of sulfonamides is 1. The van der Waals surface area contributed by atoms with Gasteiger partial charge in [0.25, 0.3) is 0 Å². The molecule has 2 amide bonds. The van der Waals surface area contributed by atoms with Gasteiger partial charge < -0.3 is 15.0 Å². The van der Waals surface area contributed by atoms with Crippen LogP contribution < -0.4 is 14.4 Å². The summed E-state index contributed by atoms with van der Waals surface area (Å²) in [5, 5.41) is 3.24. The molecule has 2 rings (SSSR count). The highest BCUT2D eigenvalue weighted by Gasteiger charge is 2.30. The average Bonchev–Trinajstić information content (AvgIpc) is 2.73. The monoisotopic (exact) mass is 529 g/mol. The van der Waals surface area contributed by atoms with Crippen molar-refractivity contribution in [2.24, 2.45) is 0 Å². The van der Waals surface area contributed by atoms with E-state index in [1.807, 2.05) is 13.8 Å². The van der Waals surface area contributed by atoms with Gasteiger partial charge in [0.2, 0.25) is 21.8 Å². The smallest absolute Gasteiger partial charge is 0.244 e. The first-order valence-corrected chi connectivity index (χ1v) is 13.1. The summed E-state index contributed by atoms with van der Waals surface area (Å²) in [7, 11) is -2.35. The summed E-state index contributed by atoms with van der Waals surface area (Å²) < 4.78 is 31.3. The molecular formula is C23H29Cl2N3O5S. The standard InChI is InChI=1S/C23H29Cl2N3O5S/c1-15(2)26-23(30)16(3)27(13-17-7-6-8-21(9-17)33-4)22(29)14-28(34(5,31)32)20-11-18(24)10-19(25)12-20/h6-12,15-16H,13-14H2,1-5H3,(H,26,30)/t16-/m1/s1. The van der Waals surface area contributed by atoms with E-state index in [9.17, 15) is 18.0 Å². The molecule has 0 radical (unpaired) electrons. The Labute approximate surface area is 210 Å². The zero-order valence-corrected chi connectivity index (χ0v) is 22.0. The number of anilines is 1. The second-order valence-electron chi connectivity index (χ2n) is 8.11. The van der Waals surface area contributed by atoms with Crippen LogP contribution in [0.4, 0.5) is 5.69 Å². The summed E-state index contributed by atoms with van der Waals surface area (Å²) in [6.07, 6.45) is 0.983. The van der Waals surface area contributed by atoms with E-state index in [0.717, 1.165) is 10.6 Å². The Balaban J connectivity index is 2.43. The minimum atomic E-state index is -3.88. The molecule has 0 spiro atoms. The molecule has 186 valence electrons. The maximum Gasteiger partial charge on any atom is 0.244 e. The van der Waals surface area contributed by atoms with Crippen molar-refractivity contribution in [3.05, 3.63) is 58.1 Å². The first-order chi connectivity index (χ1) is 15.8. The highest BCUT2D eigenvalue weighted by molar-refractivity contribution is 7.92. The maximum atomic E-state index is 13.5. The molecule has 2 aromatic carbocycles. The van der Waals surface area contributed by atoms with Crippen molar-refractivity contribution in [3.8, 4) is 5.75 Å². The second-order valence-corrected chi connectivity index (χ2v) is 10.9. The molecule has 0 aliphatic rings. The van der Waals surface area contributed by atoms with Crippen LogP contribution in [0.15, 0.2) is 42.5 Å². The Bertz CT molecular complexity index is 1120. The van der Waals surface area contributed by atoms with E-state index >= 15 is 0 Å². The van der Waals surface area contributed by atoms with Gasteiger partial charge in [-0.3, -0.25) is 13.9 Å². The Morgan fingerprint density at radius 1 is 1.06 bits per heavy atom. The Morgan fingerprint density at radius 2 is 1.68 bits per heavy atom. The van der Waals surface area contributed by atoms with Crippen molar-refractivity contribution >= 4 is 50.7 Å². The first-order valence-electron chi connectivity index (χ1n) is 10.5. The van der Waals surface area contributed by atoms with Crippen LogP contribution in [0, 0.1) is 0 Å². The molecule has 1 atom stereocenters. The van der Waals surface area contributed by atoms with E-state index in [-0.39, 0.29) is 34.2 Å². The number of methoxy groups -OCH3 is 1. The van der Waals surface area contributed by atoms with Crippen molar-refractivity contribution in [1.82, 2.24) is 10.2 Å². The third kappa shape index (κ3) is 7.78. The SMILES string of the molecule is COc1cccc(CN(C(=O)CN(c2cc(Cl)cc(Cl)c2)S(C)(=O)=O)[C@H](C)C(=O)NC(C)C)c1. The van der Waals surface area contributed by atoms with Crippen LogP contribution in [0.2, 0.25) is 10.0 Å². The van der Waals surface area contributed by atoms with E-state index < -0.39 is 28.5 Å². The number of rotatable bonds is 10. The summed E-state index contributed by atoms with van der Waals surface area (Å²) in [6, 6.07) is 10.3. The highest BCUT2D eigenvalue weighted by atomic mass is 35.5. The van der Waals surface area contributed by atoms with Gasteiger partial charge in [-0.2, -0.15) is 0 Å². The van der Waals surface area contributed by atoms with E-state index in [1.165, 1.54) is 30.2 Å². The molecule has 0 heterocycles. The molecule has 11 heteroatoms. The molecule has 0 bridgehead atoms. The summed E-state index contributed by atoms with van der Waals surface area (Å²) in [5.41, 5.74) is 0.863. The third-order valence-electron chi connectivity index (χ3n) is 4.90. The molecule has 0 aromatic heterocycles. The van der Waals surface area contributed by atoms with Crippen LogP contribution in [0.25, 0.3) is 0 Å². The van der Waals surface area contributed by atoms with Crippen molar-refractivity contribution in [2.75, 3.05) is 24.2 Å². The second kappa shape index (κ2) is 11.8. The predicted molar refractivity (Wildman–Crippen MR) is 135 cm³/mol. The van der Waals surface area contributed by atoms with Gasteiger partial charge in [-0.1, -0.05) is 35.3 Å². The van der Waals surface area contributed by atoms with Crippen LogP contribution in [-0.2, 0) is 26.2 Å². The summed E-state index contributed by atoms with van der Waals surface area (Å²) in [5.74, 6) is -0.339. The molecule has 0 aliphatic carbocycles. The molecule has 0 saturated carbocycles. The zero-order chi connectivity index (χ0) is 25.6. The zero-order valence-electron chi connectivity index (χ0n) is 19.7. The fraction of sp³-hybridized carbons (Fsp3) is 0.391. The van der Waals surface area contributed by atoms with Crippen molar-refractivity contribution in [1.29, 1.82) is 0 Å². The largest absolute Gasteiger partial charge is 0.497 e. The molecule has 1 N–H and O–H groups in total. The number of benzene rings is 2. The van der Waals surface area contributed by atoms with Crippen LogP contribution in [0.5, 0.6) is 5.75 Å². The molecule has 0 fully saturated rings. The topological polar surface area (TPSA) is 96.0 Å². The molecule has 0 aliphatic heterocycles. The van der Waals surface area contributed by atoms with Crippen molar-refractivity contribution in [2.45, 2.75) is 39.4 Å². The number of nitrogens with zero attached hydrogens (tertiary/aromatic N) is 2. The highest BCUT2D eigenvalue weighted by Crippen LogP contribution is 2.27. The van der Waals surface area contributed by atoms with Gasteiger partial charge in [-0.25, -0.2) is 8.42 Å². The molecule has 8 nitrogen and oxygen atoms in total. The molecule has 34 heavy (non-hydrogen) atoms. The summed E-state index contributed by atoms with van der Waals surface area (Å²) in [4.78, 5) is 27.6. The fourth-order valence-corrected chi connectivity index (χ4v) is 4.60. The number of ether oxygens (including phenoxy) is 1. The lowest BCUT2D eigenvalue weighted by atomic mass is 10.1. The van der Waals surface area contributed by atoms with Gasteiger partial charge in [0.05, 0.1) is 19.1 Å². The maximum absolute atomic E-state index is 13.5. The van der Waals surface area contributed by atoms with Gasteiger partial charge in [-0.05, 0) is 56.7 Å². The van der Waals surface area contributed by atoms with E-state index in [4.69, 9.17) is 27.9 Å². The van der Waals surface area contributed by atoms with Gasteiger partial charge in [0.1, 0.15) is 18.3 Å². The lowest BCUT2D eigenvalue weighted by molar-refractivity contribution is -0.139. The minimum absolute atomic E-state index is 0.0661. The van der Waals surface area contributed by atoms with Gasteiger partial charge in [-0.15, -0.1) is 0 Å². The third-order valence-corrected chi connectivity index (χ3v) is 6.48. The predicted octanol–water partition coefficient (Wildman–Crippen LogP) is 3.71. The number of hydrogen-bond donors (Lipinski definition) is 1. The number of carbonyl (C=O) groups is 2. The molecule has 0 saturated heterocycles. The number of hydrogen-bond acceptors (Lipinski definition) is 5. The Kier molecular flexibility index (Phi) is 9.61. The van der Waals surface area contributed by atoms with E-state index in [1.54, 1.807) is 31.2 Å². The summed E-state index contributed by atoms with van der Waals surface area (Å²) in [6.45, 7) is 4.74. The first kappa shape index (κ1) is 27.8. The number of halogens is 2. The minimum Gasteiger partial charge on any atom is -0.497 e. The van der Waals surface area contributed by atoms with Crippen molar-refractivity contribution in [3.63, 3.8) is 0 Å². The van der Waals surface area contributed by atoms with Gasteiger partial charge in [0, 0.05) is 22.6 Å². The Hall–Kier alpha value is -2.49. The lowest BCUT2D eigenvalue weighted by Gasteiger charge is -2.32. The van der Waals surface area contributed by atoms with E-state index in [0.29, 0.717) is 11.3 Å². The van der Waals surface area contributed by atoms with Crippen LogP contribution in [0.1, 0.15) is 26.3 Å². The number of nitrogens with one attached hydrogen (secondary N) is 1. The van der Waals surface area contributed by atoms with Gasteiger partial charge >= 0.3 is 0 Å². The Morgan fingerprint density at radius 3 is 2.21 bits per heavy atom. The van der Waals surface area contributed by atoms with Crippen molar-refractivity contribution < 1.29 is 22.7 Å². The van der Waals surface area contributed by atoms with Crippen LogP contribution in [0.3, 0.4) is 0 Å². The van der Waals surface area contributed by atoms with Crippen LogP contribution in [-0.4, -0.2) is 57.1 Å². The molecule has 2 aromatic rings. The molecule has 0 unspecified atom stereocenters. The summed E-state index contributed by atoms with van der Waals surface area (Å²) >= 11 is 12.1. The fourth-order valence-electron chi connectivity index (χ4n) is 3.25. The van der Waals surface area contributed by atoms with Crippen LogP contribution >= 0.6 is 23.2 Å². The number of carbonyl (C=O) groups excluding carboxylic acids is 2. The lowest BCUT2D eigenvalue weighted by Crippen LogP contribution is -2.52. The van der Waals surface area contributed by atoms with E-state index in [2.05, 4.69) is 5.32 Å². The van der Waals surface area contributed by atoms with Gasteiger partial charge in [0.15, 0.2) is 0 Å². The quantitative estimate of drug-likeness (QED) is 0.506. The number of amides is 2.